The maximum atomic E-state index is 12.8. The third-order valence-corrected chi connectivity index (χ3v) is 3.99. The van der Waals surface area contributed by atoms with Gasteiger partial charge in [0.2, 0.25) is 0 Å². The summed E-state index contributed by atoms with van der Waals surface area (Å²) in [6.07, 6.45) is -0.939. The number of hydrogen-bond donors (Lipinski definition) is 0. The Labute approximate surface area is 132 Å². The van der Waals surface area contributed by atoms with Crippen LogP contribution >= 0.6 is 0 Å². The summed E-state index contributed by atoms with van der Waals surface area (Å²) in [4.78, 5) is 25.0. The van der Waals surface area contributed by atoms with Crippen LogP contribution in [0.5, 0.6) is 5.75 Å². The standard InChI is InChI=1S/C17H18FNO4/c1-3-11-6-16(20)23-15-7-13(4-5-14(11)15)22-10(2)17(21)19-8-12(18)9-19/h4-7,10,12H,3,8-9H2,1-2H3. The highest BCUT2D eigenvalue weighted by Crippen LogP contribution is 2.24. The van der Waals surface area contributed by atoms with Gasteiger partial charge in [-0.1, -0.05) is 6.92 Å². The van der Waals surface area contributed by atoms with Crippen molar-refractivity contribution in [3.05, 3.63) is 40.2 Å². The lowest BCUT2D eigenvalue weighted by Crippen LogP contribution is -2.55. The Morgan fingerprint density at radius 2 is 2.17 bits per heavy atom. The molecule has 1 atom stereocenters. The van der Waals surface area contributed by atoms with Gasteiger partial charge in [-0.15, -0.1) is 0 Å². The second-order valence-electron chi connectivity index (χ2n) is 5.70. The molecule has 1 aliphatic rings. The van der Waals surface area contributed by atoms with Crippen molar-refractivity contribution in [3.63, 3.8) is 0 Å². The topological polar surface area (TPSA) is 59.8 Å². The zero-order valence-electron chi connectivity index (χ0n) is 13.0. The summed E-state index contributed by atoms with van der Waals surface area (Å²) in [5, 5.41) is 0.849. The lowest BCUT2D eigenvalue weighted by atomic mass is 10.1. The van der Waals surface area contributed by atoms with Gasteiger partial charge in [-0.2, -0.15) is 0 Å². The number of carbonyl (C=O) groups is 1. The van der Waals surface area contributed by atoms with Gasteiger partial charge < -0.3 is 14.1 Å². The first-order valence-electron chi connectivity index (χ1n) is 7.64. The average molecular weight is 319 g/mol. The van der Waals surface area contributed by atoms with E-state index in [2.05, 4.69) is 0 Å². The smallest absolute Gasteiger partial charge is 0.336 e. The summed E-state index contributed by atoms with van der Waals surface area (Å²) < 4.78 is 23.6. The van der Waals surface area contributed by atoms with E-state index in [9.17, 15) is 14.0 Å². The monoisotopic (exact) mass is 319 g/mol. The van der Waals surface area contributed by atoms with Crippen molar-refractivity contribution < 1.29 is 18.3 Å². The van der Waals surface area contributed by atoms with Crippen molar-refractivity contribution in [3.8, 4) is 5.75 Å². The molecule has 0 bridgehead atoms. The molecule has 0 N–H and O–H groups in total. The first-order valence-corrected chi connectivity index (χ1v) is 7.64. The minimum atomic E-state index is -0.937. The summed E-state index contributed by atoms with van der Waals surface area (Å²) in [6, 6.07) is 6.63. The molecule has 6 heteroatoms. The van der Waals surface area contributed by atoms with E-state index in [0.717, 1.165) is 17.4 Å². The van der Waals surface area contributed by atoms with Crippen LogP contribution in [0.4, 0.5) is 4.39 Å². The van der Waals surface area contributed by atoms with Crippen LogP contribution in [-0.4, -0.2) is 36.2 Å². The molecule has 0 radical (unpaired) electrons. The summed E-state index contributed by atoms with van der Waals surface area (Å²) in [5.74, 6) is 0.190. The molecule has 1 saturated heterocycles. The van der Waals surface area contributed by atoms with Crippen LogP contribution in [0, 0.1) is 0 Å². The summed E-state index contributed by atoms with van der Waals surface area (Å²) in [7, 11) is 0. The summed E-state index contributed by atoms with van der Waals surface area (Å²) in [6.45, 7) is 3.83. The molecule has 0 spiro atoms. The van der Waals surface area contributed by atoms with Crippen LogP contribution in [0.3, 0.4) is 0 Å². The molecule has 1 fully saturated rings. The van der Waals surface area contributed by atoms with E-state index in [1.165, 1.54) is 11.0 Å². The predicted octanol–water partition coefficient (Wildman–Crippen LogP) is 2.30. The number of carbonyl (C=O) groups excluding carboxylic acids is 1. The molecule has 122 valence electrons. The van der Waals surface area contributed by atoms with E-state index in [1.54, 1.807) is 19.1 Å². The molecule has 23 heavy (non-hydrogen) atoms. The van der Waals surface area contributed by atoms with Crippen LogP contribution in [0.2, 0.25) is 0 Å². The molecule has 2 aromatic rings. The molecule has 0 saturated carbocycles. The molecule has 5 nitrogen and oxygen atoms in total. The Bertz CT molecular complexity index is 795. The minimum absolute atomic E-state index is 0.124. The van der Waals surface area contributed by atoms with Crippen molar-refractivity contribution in [1.29, 1.82) is 0 Å². The highest BCUT2D eigenvalue weighted by atomic mass is 19.1. The maximum absolute atomic E-state index is 12.8. The fourth-order valence-corrected chi connectivity index (χ4v) is 2.69. The minimum Gasteiger partial charge on any atom is -0.481 e. The molecule has 1 unspecified atom stereocenters. The number of rotatable bonds is 4. The van der Waals surface area contributed by atoms with E-state index in [-0.39, 0.29) is 19.0 Å². The van der Waals surface area contributed by atoms with Gasteiger partial charge in [0.1, 0.15) is 17.5 Å². The van der Waals surface area contributed by atoms with Gasteiger partial charge in [-0.25, -0.2) is 9.18 Å². The van der Waals surface area contributed by atoms with Crippen LogP contribution in [-0.2, 0) is 11.2 Å². The zero-order chi connectivity index (χ0) is 16.6. The van der Waals surface area contributed by atoms with Gasteiger partial charge in [-0.05, 0) is 31.0 Å². The number of nitrogens with zero attached hydrogens (tertiary/aromatic N) is 1. The predicted molar refractivity (Wildman–Crippen MR) is 83.4 cm³/mol. The second-order valence-corrected chi connectivity index (χ2v) is 5.70. The third-order valence-electron chi connectivity index (χ3n) is 3.99. The average Bonchev–Trinajstić information content (AvgIpc) is 2.49. The highest BCUT2D eigenvalue weighted by molar-refractivity contribution is 5.83. The zero-order valence-corrected chi connectivity index (χ0v) is 13.0. The number of halogens is 1. The Kier molecular flexibility index (Phi) is 4.07. The number of aryl methyl sites for hydroxylation is 1. The van der Waals surface area contributed by atoms with E-state index in [4.69, 9.17) is 9.15 Å². The summed E-state index contributed by atoms with van der Waals surface area (Å²) >= 11 is 0. The van der Waals surface area contributed by atoms with E-state index in [0.29, 0.717) is 11.3 Å². The van der Waals surface area contributed by atoms with E-state index >= 15 is 0 Å². The van der Waals surface area contributed by atoms with Crippen molar-refractivity contribution in [2.45, 2.75) is 32.5 Å². The number of likely N-dealkylation sites (tertiary alicyclic amines) is 1. The van der Waals surface area contributed by atoms with Crippen molar-refractivity contribution >= 4 is 16.9 Å². The first kappa shape index (κ1) is 15.5. The molecule has 2 heterocycles. The number of benzene rings is 1. The summed E-state index contributed by atoms with van der Waals surface area (Å²) in [5.41, 5.74) is 0.922. The third kappa shape index (κ3) is 3.06. The van der Waals surface area contributed by atoms with Gasteiger partial charge in [-0.3, -0.25) is 4.79 Å². The number of ether oxygens (including phenoxy) is 1. The van der Waals surface area contributed by atoms with Gasteiger partial charge in [0.15, 0.2) is 6.10 Å². The normalized spacial score (nSPS) is 16.2. The van der Waals surface area contributed by atoms with Gasteiger partial charge >= 0.3 is 5.63 Å². The highest BCUT2D eigenvalue weighted by Gasteiger charge is 2.33. The van der Waals surface area contributed by atoms with Crippen molar-refractivity contribution in [2.24, 2.45) is 0 Å². The molecule has 3 rings (SSSR count). The molecule has 1 amide bonds. The SMILES string of the molecule is CCc1cc(=O)oc2cc(OC(C)C(=O)N3CC(F)C3)ccc12. The van der Waals surface area contributed by atoms with Crippen LogP contribution in [0.1, 0.15) is 19.4 Å². The largest absolute Gasteiger partial charge is 0.481 e. The van der Waals surface area contributed by atoms with E-state index < -0.39 is 17.9 Å². The molecular formula is C17H18FNO4. The fraction of sp³-hybridized carbons (Fsp3) is 0.412. The molecule has 1 aromatic heterocycles. The first-order chi connectivity index (χ1) is 11.0. The number of fused-ring (bicyclic) bond motifs is 1. The number of hydrogen-bond acceptors (Lipinski definition) is 4. The number of alkyl halides is 1. The lowest BCUT2D eigenvalue weighted by Gasteiger charge is -2.35. The van der Waals surface area contributed by atoms with Crippen LogP contribution in [0.25, 0.3) is 11.0 Å². The maximum Gasteiger partial charge on any atom is 0.336 e. The van der Waals surface area contributed by atoms with Gasteiger partial charge in [0, 0.05) is 17.5 Å². The van der Waals surface area contributed by atoms with Crippen molar-refractivity contribution in [2.75, 3.05) is 13.1 Å². The van der Waals surface area contributed by atoms with Gasteiger partial charge in [0.25, 0.3) is 5.91 Å². The molecule has 1 aliphatic heterocycles. The Morgan fingerprint density at radius 1 is 1.43 bits per heavy atom. The quantitative estimate of drug-likeness (QED) is 0.811. The lowest BCUT2D eigenvalue weighted by molar-refractivity contribution is -0.145. The van der Waals surface area contributed by atoms with Crippen LogP contribution < -0.4 is 10.4 Å². The Hall–Kier alpha value is -2.37. The van der Waals surface area contributed by atoms with Crippen molar-refractivity contribution in [1.82, 2.24) is 4.90 Å². The van der Waals surface area contributed by atoms with Gasteiger partial charge in [0.05, 0.1) is 13.1 Å². The molecule has 0 aliphatic carbocycles. The fourth-order valence-electron chi connectivity index (χ4n) is 2.69. The van der Waals surface area contributed by atoms with E-state index in [1.807, 2.05) is 13.0 Å². The second kappa shape index (κ2) is 6.02. The number of amides is 1. The Morgan fingerprint density at radius 3 is 2.83 bits per heavy atom. The molecular weight excluding hydrogens is 301 g/mol. The Balaban J connectivity index is 1.80. The van der Waals surface area contributed by atoms with Crippen LogP contribution in [0.15, 0.2) is 33.5 Å². The molecule has 1 aromatic carbocycles.